The van der Waals surface area contributed by atoms with E-state index in [-0.39, 0.29) is 0 Å². The lowest BCUT2D eigenvalue weighted by atomic mass is 10.1. The summed E-state index contributed by atoms with van der Waals surface area (Å²) in [6.07, 6.45) is 4.89. The van der Waals surface area contributed by atoms with Crippen LogP contribution in [0.2, 0.25) is 0 Å². The van der Waals surface area contributed by atoms with Gasteiger partial charge in [-0.15, -0.1) is 0 Å². The molecule has 3 rings (SSSR count). The molecule has 0 fully saturated rings. The zero-order valence-electron chi connectivity index (χ0n) is 15.9. The van der Waals surface area contributed by atoms with E-state index in [0.717, 1.165) is 31.2 Å². The highest BCUT2D eigenvalue weighted by molar-refractivity contribution is 5.82. The third kappa shape index (κ3) is 3.66. The summed E-state index contributed by atoms with van der Waals surface area (Å²) in [5.41, 5.74) is 4.26. The second-order valence-electron chi connectivity index (χ2n) is 7.76. The molecule has 0 bridgehead atoms. The Morgan fingerprint density at radius 3 is 2.62 bits per heavy atom. The van der Waals surface area contributed by atoms with Gasteiger partial charge in [-0.3, -0.25) is 9.69 Å². The fourth-order valence-corrected chi connectivity index (χ4v) is 3.49. The number of fused-ring (bicyclic) bond motifs is 1. The van der Waals surface area contributed by atoms with Crippen molar-refractivity contribution >= 4 is 18.1 Å². The van der Waals surface area contributed by atoms with Crippen LogP contribution in [0.5, 0.6) is 0 Å². The summed E-state index contributed by atoms with van der Waals surface area (Å²) in [6.45, 7) is 6.41. The summed E-state index contributed by atoms with van der Waals surface area (Å²) in [5, 5.41) is 0. The number of carbonyl (C=O) groups is 2. The second-order valence-corrected chi connectivity index (χ2v) is 7.76. The first kappa shape index (κ1) is 18.2. The molecule has 0 saturated carbocycles. The number of ether oxygens (including phenoxy) is 1. The molecule has 1 aromatic rings. The zero-order valence-corrected chi connectivity index (χ0v) is 15.9. The standard InChI is InChI=1S/C21H26N2O3/c1-21(2,3)26-20(25)22(4)19-16(9-10-17(19)14-24)13-23-12-11-15-7-5-6-8-18(15)23/h5-8,13-14H,9-12H2,1-4H3. The van der Waals surface area contributed by atoms with E-state index in [1.165, 1.54) is 16.2 Å². The van der Waals surface area contributed by atoms with E-state index in [2.05, 4.69) is 29.3 Å². The number of allylic oxidation sites excluding steroid dienone is 2. The molecule has 1 aliphatic carbocycles. The molecule has 1 amide bonds. The molecular weight excluding hydrogens is 328 g/mol. The van der Waals surface area contributed by atoms with Gasteiger partial charge in [0, 0.05) is 31.1 Å². The molecule has 0 saturated heterocycles. The van der Waals surface area contributed by atoms with Crippen LogP contribution in [0.25, 0.3) is 0 Å². The van der Waals surface area contributed by atoms with Crippen LogP contribution in [0, 0.1) is 0 Å². The fourth-order valence-electron chi connectivity index (χ4n) is 3.49. The van der Waals surface area contributed by atoms with Crippen molar-refractivity contribution in [3.05, 3.63) is 52.9 Å². The molecule has 5 nitrogen and oxygen atoms in total. The minimum atomic E-state index is -0.580. The number of hydrogen-bond donors (Lipinski definition) is 0. The van der Waals surface area contributed by atoms with Crippen molar-refractivity contribution in [1.29, 1.82) is 0 Å². The van der Waals surface area contributed by atoms with Gasteiger partial charge in [-0.05, 0) is 57.2 Å². The third-order valence-corrected chi connectivity index (χ3v) is 4.65. The fraction of sp³-hybridized carbons (Fsp3) is 0.429. The van der Waals surface area contributed by atoms with Gasteiger partial charge < -0.3 is 9.64 Å². The van der Waals surface area contributed by atoms with Crippen LogP contribution in [-0.2, 0) is 16.0 Å². The van der Waals surface area contributed by atoms with Crippen molar-refractivity contribution in [2.45, 2.75) is 45.6 Å². The van der Waals surface area contributed by atoms with Crippen molar-refractivity contribution in [2.75, 3.05) is 18.5 Å². The van der Waals surface area contributed by atoms with Gasteiger partial charge in [0.1, 0.15) is 11.9 Å². The van der Waals surface area contributed by atoms with Crippen molar-refractivity contribution in [3.8, 4) is 0 Å². The Labute approximate surface area is 154 Å². The third-order valence-electron chi connectivity index (χ3n) is 4.65. The highest BCUT2D eigenvalue weighted by Crippen LogP contribution is 2.36. The molecule has 138 valence electrons. The molecule has 1 aromatic carbocycles. The number of carbonyl (C=O) groups excluding carboxylic acids is 2. The van der Waals surface area contributed by atoms with Crippen LogP contribution in [0.1, 0.15) is 39.2 Å². The van der Waals surface area contributed by atoms with Crippen LogP contribution < -0.4 is 4.90 Å². The van der Waals surface area contributed by atoms with Gasteiger partial charge >= 0.3 is 6.09 Å². The lowest BCUT2D eigenvalue weighted by Gasteiger charge is -2.27. The molecule has 1 aliphatic heterocycles. The molecule has 5 heteroatoms. The van der Waals surface area contributed by atoms with E-state index < -0.39 is 11.7 Å². The average molecular weight is 354 g/mol. The Kier molecular flexibility index (Phi) is 4.90. The van der Waals surface area contributed by atoms with E-state index in [1.807, 2.05) is 26.8 Å². The number of hydrogen-bond acceptors (Lipinski definition) is 4. The first-order chi connectivity index (χ1) is 12.3. The lowest BCUT2D eigenvalue weighted by Crippen LogP contribution is -2.34. The molecule has 1 heterocycles. The number of benzene rings is 1. The lowest BCUT2D eigenvalue weighted by molar-refractivity contribution is -0.105. The summed E-state index contributed by atoms with van der Waals surface area (Å²) in [4.78, 5) is 27.7. The summed E-state index contributed by atoms with van der Waals surface area (Å²) >= 11 is 0. The summed E-state index contributed by atoms with van der Waals surface area (Å²) in [6, 6.07) is 8.33. The van der Waals surface area contributed by atoms with Gasteiger partial charge in [0.25, 0.3) is 0 Å². The van der Waals surface area contributed by atoms with Crippen LogP contribution >= 0.6 is 0 Å². The molecule has 0 atom stereocenters. The number of aldehydes is 1. The number of rotatable bonds is 3. The van der Waals surface area contributed by atoms with Gasteiger partial charge in [-0.1, -0.05) is 18.2 Å². The first-order valence-electron chi connectivity index (χ1n) is 9.01. The molecular formula is C21H26N2O3. The quantitative estimate of drug-likeness (QED) is 0.769. The maximum atomic E-state index is 12.5. The van der Waals surface area contributed by atoms with Crippen LogP contribution in [0.3, 0.4) is 0 Å². The predicted octanol–water partition coefficient (Wildman–Crippen LogP) is 4.05. The molecule has 0 radical (unpaired) electrons. The second kappa shape index (κ2) is 6.98. The first-order valence-corrected chi connectivity index (χ1v) is 9.01. The number of likely N-dealkylation sites (N-methyl/N-ethyl adjacent to an activating group) is 1. The normalized spacial score (nSPS) is 18.3. The Balaban J connectivity index is 1.89. The topological polar surface area (TPSA) is 49.9 Å². The largest absolute Gasteiger partial charge is 0.443 e. The van der Waals surface area contributed by atoms with Crippen LogP contribution in [0.15, 0.2) is 47.3 Å². The van der Waals surface area contributed by atoms with Gasteiger partial charge in [0.15, 0.2) is 0 Å². The Morgan fingerprint density at radius 1 is 1.19 bits per heavy atom. The smallest absolute Gasteiger partial charge is 0.414 e. The monoisotopic (exact) mass is 354 g/mol. The maximum absolute atomic E-state index is 12.5. The SMILES string of the molecule is CN(C(=O)OC(C)(C)C)C1=C(C=O)CCC1=CN1CCc2ccccc21. The minimum Gasteiger partial charge on any atom is -0.443 e. The van der Waals surface area contributed by atoms with Gasteiger partial charge in [-0.25, -0.2) is 4.79 Å². The van der Waals surface area contributed by atoms with Crippen molar-refractivity contribution in [1.82, 2.24) is 4.90 Å². The van der Waals surface area contributed by atoms with E-state index in [1.54, 1.807) is 7.05 Å². The van der Waals surface area contributed by atoms with Crippen LogP contribution in [0.4, 0.5) is 10.5 Å². The number of amides is 1. The predicted molar refractivity (Wildman–Crippen MR) is 102 cm³/mol. The van der Waals surface area contributed by atoms with Crippen molar-refractivity contribution in [3.63, 3.8) is 0 Å². The number of nitrogens with zero attached hydrogens (tertiary/aromatic N) is 2. The summed E-state index contributed by atoms with van der Waals surface area (Å²) < 4.78 is 5.48. The molecule has 2 aliphatic rings. The van der Waals surface area contributed by atoms with Gasteiger partial charge in [0.05, 0.1) is 5.70 Å². The van der Waals surface area contributed by atoms with Crippen molar-refractivity contribution < 1.29 is 14.3 Å². The number of anilines is 1. The summed E-state index contributed by atoms with van der Waals surface area (Å²) in [5.74, 6) is 0. The van der Waals surface area contributed by atoms with E-state index in [9.17, 15) is 9.59 Å². The minimum absolute atomic E-state index is 0.443. The van der Waals surface area contributed by atoms with Gasteiger partial charge in [-0.2, -0.15) is 0 Å². The highest BCUT2D eigenvalue weighted by atomic mass is 16.6. The van der Waals surface area contributed by atoms with Crippen molar-refractivity contribution in [2.24, 2.45) is 0 Å². The van der Waals surface area contributed by atoms with Gasteiger partial charge in [0.2, 0.25) is 0 Å². The molecule has 0 unspecified atom stereocenters. The molecule has 0 spiro atoms. The van der Waals surface area contributed by atoms with E-state index >= 15 is 0 Å². The highest BCUT2D eigenvalue weighted by Gasteiger charge is 2.30. The Morgan fingerprint density at radius 2 is 1.92 bits per heavy atom. The summed E-state index contributed by atoms with van der Waals surface area (Å²) in [7, 11) is 1.67. The van der Waals surface area contributed by atoms with Crippen LogP contribution in [-0.4, -0.2) is 36.5 Å². The average Bonchev–Trinajstić information content (AvgIpc) is 3.17. The zero-order chi connectivity index (χ0) is 18.9. The molecule has 0 aromatic heterocycles. The molecule has 26 heavy (non-hydrogen) atoms. The Bertz CT molecular complexity index is 787. The Hall–Kier alpha value is -2.56. The number of para-hydroxylation sites is 1. The maximum Gasteiger partial charge on any atom is 0.414 e. The van der Waals surface area contributed by atoms with E-state index in [4.69, 9.17) is 4.74 Å². The van der Waals surface area contributed by atoms with E-state index in [0.29, 0.717) is 17.7 Å². The molecule has 0 N–H and O–H groups in total.